The fourth-order valence-corrected chi connectivity index (χ4v) is 7.78. The second-order valence-electron chi connectivity index (χ2n) is 16.4. The smallest absolute Gasteiger partial charge is 0.308 e. The van der Waals surface area contributed by atoms with Crippen molar-refractivity contribution >= 4 is 18.2 Å². The first-order valence-electron chi connectivity index (χ1n) is 19.5. The lowest BCUT2D eigenvalue weighted by Crippen LogP contribution is -2.66. The predicted molar refractivity (Wildman–Crippen MR) is 200 cm³/mol. The zero-order chi connectivity index (χ0) is 41.2. The number of hydrogen-bond donors (Lipinski definition) is 4. The molecule has 15 heteroatoms. The number of rotatable bonds is 11. The van der Waals surface area contributed by atoms with E-state index in [1.165, 1.54) is 7.11 Å². The minimum atomic E-state index is -1.49. The first-order valence-corrected chi connectivity index (χ1v) is 19.5. The minimum absolute atomic E-state index is 0.0318. The molecule has 0 saturated carbocycles. The molecular formula is C40H67NO14. The number of aliphatic hydroxyl groups excluding tert-OH is 3. The van der Waals surface area contributed by atoms with E-state index in [9.17, 15) is 34.8 Å². The van der Waals surface area contributed by atoms with E-state index in [0.717, 1.165) is 6.29 Å². The van der Waals surface area contributed by atoms with Crippen molar-refractivity contribution < 1.29 is 68.0 Å². The number of ether oxygens (including phenoxy) is 7. The molecule has 0 radical (unpaired) electrons. The molecule has 0 aromatic carbocycles. The summed E-state index contributed by atoms with van der Waals surface area (Å²) in [5.41, 5.74) is -1.49. The van der Waals surface area contributed by atoms with Crippen molar-refractivity contribution in [3.8, 4) is 0 Å². The van der Waals surface area contributed by atoms with Gasteiger partial charge in [-0.25, -0.2) is 0 Å². The van der Waals surface area contributed by atoms with E-state index in [-0.39, 0.29) is 37.5 Å². The third kappa shape index (κ3) is 13.4. The standard InChI is InChI=1S/C40H67NO14/c1-22(2)18-30(45)53-38-26(6)51-32(21-40(38,7)48)54-35-25(5)52-39(34(47)33(35)41(8)9)55-36-27(16-17-42)19-23(3)28(43)15-13-11-12-14-24(4)50-31(46)20-29(44)37(36)49-10/h11-13,15,17,22-29,32-39,43-44,47-48H,14,16,18-21H2,1-10H3/b12-11-,15-13-/t23-,24-,25-,26+,27+,28+,29-,32+,33-,34-,35-,36+,37+,38+,39+,40-/m1/s1. The number of nitrogens with zero attached hydrogens (tertiary/aromatic N) is 1. The predicted octanol–water partition coefficient (Wildman–Crippen LogP) is 2.44. The lowest BCUT2D eigenvalue weighted by molar-refractivity contribution is -0.344. The third-order valence-corrected chi connectivity index (χ3v) is 10.6. The molecule has 0 aliphatic carbocycles. The van der Waals surface area contributed by atoms with Crippen molar-refractivity contribution in [2.24, 2.45) is 17.8 Å². The second-order valence-corrected chi connectivity index (χ2v) is 16.4. The summed E-state index contributed by atoms with van der Waals surface area (Å²) in [4.78, 5) is 39.3. The van der Waals surface area contributed by atoms with Crippen LogP contribution in [0.3, 0.4) is 0 Å². The summed E-state index contributed by atoms with van der Waals surface area (Å²) in [5, 5.41) is 45.8. The number of methoxy groups -OCH3 is 1. The summed E-state index contributed by atoms with van der Waals surface area (Å²) in [7, 11) is 4.86. The van der Waals surface area contributed by atoms with Crippen LogP contribution in [0.2, 0.25) is 0 Å². The Labute approximate surface area is 326 Å². The van der Waals surface area contributed by atoms with Crippen LogP contribution in [0.4, 0.5) is 0 Å². The summed E-state index contributed by atoms with van der Waals surface area (Å²) in [6.45, 7) is 12.4. The monoisotopic (exact) mass is 785 g/mol. The van der Waals surface area contributed by atoms with E-state index < -0.39 is 110 Å². The van der Waals surface area contributed by atoms with Crippen LogP contribution in [-0.2, 0) is 47.5 Å². The lowest BCUT2D eigenvalue weighted by atomic mass is 9.82. The maximum absolute atomic E-state index is 12.9. The number of aldehydes is 1. The Balaban J connectivity index is 1.90. The molecule has 4 N–H and O–H groups in total. The maximum Gasteiger partial charge on any atom is 0.308 e. The van der Waals surface area contributed by atoms with Crippen LogP contribution < -0.4 is 0 Å². The first-order chi connectivity index (χ1) is 25.8. The Kier molecular flexibility index (Phi) is 18.4. The van der Waals surface area contributed by atoms with Gasteiger partial charge in [0.2, 0.25) is 0 Å². The number of hydrogen-bond acceptors (Lipinski definition) is 15. The number of cyclic esters (lactones) is 1. The molecule has 16 atom stereocenters. The molecule has 2 saturated heterocycles. The molecule has 3 rings (SSSR count). The molecule has 3 aliphatic rings. The summed E-state index contributed by atoms with van der Waals surface area (Å²) >= 11 is 0. The number of likely N-dealkylation sites (N-methyl/N-ethyl adjacent to an activating group) is 1. The van der Waals surface area contributed by atoms with Crippen LogP contribution in [0.1, 0.15) is 87.0 Å². The largest absolute Gasteiger partial charge is 0.462 e. The van der Waals surface area contributed by atoms with Crippen LogP contribution in [0, 0.1) is 17.8 Å². The van der Waals surface area contributed by atoms with Gasteiger partial charge >= 0.3 is 11.9 Å². The maximum atomic E-state index is 12.9. The number of allylic oxidation sites excluding steroid dienone is 2. The van der Waals surface area contributed by atoms with Gasteiger partial charge in [0, 0.05) is 32.8 Å². The number of aliphatic hydroxyl groups is 4. The molecule has 0 amide bonds. The molecule has 0 unspecified atom stereocenters. The van der Waals surface area contributed by atoms with Gasteiger partial charge in [-0.3, -0.25) is 9.59 Å². The van der Waals surface area contributed by atoms with Gasteiger partial charge in [-0.1, -0.05) is 45.1 Å². The van der Waals surface area contributed by atoms with Crippen molar-refractivity contribution in [1.82, 2.24) is 4.90 Å². The molecule has 3 heterocycles. The van der Waals surface area contributed by atoms with E-state index in [2.05, 4.69) is 0 Å². The topological polar surface area (TPSA) is 200 Å². The van der Waals surface area contributed by atoms with Crippen LogP contribution in [-0.4, -0.2) is 150 Å². The second kappa shape index (κ2) is 21.4. The Morgan fingerprint density at radius 3 is 2.33 bits per heavy atom. The highest BCUT2D eigenvalue weighted by molar-refractivity contribution is 5.70. The van der Waals surface area contributed by atoms with Crippen LogP contribution in [0.5, 0.6) is 0 Å². The zero-order valence-corrected chi connectivity index (χ0v) is 34.2. The summed E-state index contributed by atoms with van der Waals surface area (Å²) in [6.07, 6.45) is -3.92. The van der Waals surface area contributed by atoms with Crippen LogP contribution >= 0.6 is 0 Å². The number of esters is 2. The van der Waals surface area contributed by atoms with Gasteiger partial charge in [0.25, 0.3) is 0 Å². The van der Waals surface area contributed by atoms with E-state index in [0.29, 0.717) is 6.42 Å². The minimum Gasteiger partial charge on any atom is -0.462 e. The van der Waals surface area contributed by atoms with Crippen molar-refractivity contribution in [1.29, 1.82) is 0 Å². The highest BCUT2D eigenvalue weighted by Gasteiger charge is 2.52. The van der Waals surface area contributed by atoms with Crippen molar-refractivity contribution in [3.05, 3.63) is 24.3 Å². The molecular weight excluding hydrogens is 718 g/mol. The zero-order valence-electron chi connectivity index (χ0n) is 34.2. The van der Waals surface area contributed by atoms with Gasteiger partial charge < -0.3 is 63.3 Å². The van der Waals surface area contributed by atoms with Crippen molar-refractivity contribution in [2.45, 2.75) is 172 Å². The fraction of sp³-hybridized carbons (Fsp3) is 0.825. The normalized spacial score (nSPS) is 42.4. The Morgan fingerprint density at radius 2 is 1.73 bits per heavy atom. The van der Waals surface area contributed by atoms with E-state index >= 15 is 0 Å². The Hall–Kier alpha value is -2.31. The van der Waals surface area contributed by atoms with Gasteiger partial charge in [0.1, 0.15) is 36.3 Å². The van der Waals surface area contributed by atoms with Crippen LogP contribution in [0.25, 0.3) is 0 Å². The molecule has 0 bridgehead atoms. The molecule has 316 valence electrons. The van der Waals surface area contributed by atoms with Gasteiger partial charge in [-0.05, 0) is 66.0 Å². The molecule has 15 nitrogen and oxygen atoms in total. The molecule has 55 heavy (non-hydrogen) atoms. The van der Waals surface area contributed by atoms with Gasteiger partial charge in [0.05, 0.1) is 43.0 Å². The van der Waals surface area contributed by atoms with Crippen LogP contribution in [0.15, 0.2) is 24.3 Å². The number of carbonyl (C=O) groups excluding carboxylic acids is 3. The van der Waals surface area contributed by atoms with Crippen molar-refractivity contribution in [3.63, 3.8) is 0 Å². The van der Waals surface area contributed by atoms with E-state index in [1.807, 2.05) is 26.8 Å². The first kappa shape index (κ1) is 47.1. The summed E-state index contributed by atoms with van der Waals surface area (Å²) in [6, 6.07) is -0.753. The van der Waals surface area contributed by atoms with Gasteiger partial charge in [0.15, 0.2) is 18.7 Å². The fourth-order valence-electron chi connectivity index (χ4n) is 7.78. The quantitative estimate of drug-likeness (QED) is 0.176. The number of carbonyl (C=O) groups is 3. The average Bonchev–Trinajstić information content (AvgIpc) is 3.06. The highest BCUT2D eigenvalue weighted by atomic mass is 16.7. The van der Waals surface area contributed by atoms with Gasteiger partial charge in [-0.15, -0.1) is 0 Å². The highest BCUT2D eigenvalue weighted by Crippen LogP contribution is 2.37. The van der Waals surface area contributed by atoms with E-state index in [1.54, 1.807) is 64.9 Å². The molecule has 0 spiro atoms. The van der Waals surface area contributed by atoms with Gasteiger partial charge in [-0.2, -0.15) is 0 Å². The van der Waals surface area contributed by atoms with Crippen molar-refractivity contribution in [2.75, 3.05) is 21.2 Å². The molecule has 0 aromatic rings. The average molecular weight is 786 g/mol. The lowest BCUT2D eigenvalue weighted by Gasteiger charge is -2.50. The third-order valence-electron chi connectivity index (χ3n) is 10.6. The SMILES string of the molecule is CO[C@@H]1[C@@H](O[C@@H]2O[C@H](C)[C@@H](O[C@H]3C[C@@](C)(O)[C@@H](OC(=O)CC(C)C)[C@H](C)O3)[C@H](N(C)C)[C@H]2O)[C@@H](CC=O)C[C@@H](C)[C@@H](O)/C=C\C=C/C[C@@H](C)OC(=O)C[C@H]1O. The Bertz CT molecular complexity index is 1270. The molecule has 3 aliphatic heterocycles. The Morgan fingerprint density at radius 1 is 1.04 bits per heavy atom. The summed E-state index contributed by atoms with van der Waals surface area (Å²) in [5.74, 6) is -2.03. The molecule has 2 fully saturated rings. The summed E-state index contributed by atoms with van der Waals surface area (Å²) < 4.78 is 42.4. The van der Waals surface area contributed by atoms with E-state index in [4.69, 9.17) is 33.2 Å². The molecule has 0 aromatic heterocycles.